The van der Waals surface area contributed by atoms with Crippen LogP contribution in [0.25, 0.3) is 22.6 Å². The van der Waals surface area contributed by atoms with Crippen molar-refractivity contribution in [1.29, 1.82) is 0 Å². The molecule has 3 N–H and O–H groups in total. The summed E-state index contributed by atoms with van der Waals surface area (Å²) in [6.07, 6.45) is 12.5. The lowest BCUT2D eigenvalue weighted by molar-refractivity contribution is -0.135. The van der Waals surface area contributed by atoms with Gasteiger partial charge in [-0.3, -0.25) is 28.9 Å². The first-order valence-electron chi connectivity index (χ1n) is 21.7. The fourth-order valence-corrected chi connectivity index (χ4v) is 8.27. The molecule has 1 atom stereocenters. The molecule has 1 saturated heterocycles. The van der Waals surface area contributed by atoms with Crippen LogP contribution in [0.4, 0.5) is 20.3 Å². The molecule has 16 nitrogen and oxygen atoms in total. The van der Waals surface area contributed by atoms with Crippen LogP contribution in [0.2, 0.25) is 0 Å². The number of piperidine rings is 1. The molecule has 3 fully saturated rings. The van der Waals surface area contributed by atoms with Gasteiger partial charge >= 0.3 is 5.76 Å². The number of oxazole rings is 2. The van der Waals surface area contributed by atoms with Crippen molar-refractivity contribution < 1.29 is 41.5 Å². The van der Waals surface area contributed by atoms with Crippen molar-refractivity contribution in [3.05, 3.63) is 76.5 Å². The molecule has 0 radical (unpaired) electrons. The number of ether oxygens (including phenoxy) is 2. The molecular weight excluding hydrogens is 807 g/mol. The number of pyridine rings is 1. The third kappa shape index (κ3) is 10.8. The number of aryl methyl sites for hydroxylation is 1. The van der Waals surface area contributed by atoms with Gasteiger partial charge in [0.25, 0.3) is 12.3 Å². The number of unbranched alkanes of at least 4 members (excludes halogenated alkanes) is 1. The van der Waals surface area contributed by atoms with Crippen LogP contribution in [0.15, 0.2) is 62.6 Å². The van der Waals surface area contributed by atoms with Gasteiger partial charge in [-0.2, -0.15) is 5.10 Å². The summed E-state index contributed by atoms with van der Waals surface area (Å²) >= 11 is 0. The van der Waals surface area contributed by atoms with Crippen LogP contribution >= 0.6 is 0 Å². The van der Waals surface area contributed by atoms with Gasteiger partial charge in [0.05, 0.1) is 30.5 Å². The molecule has 1 aromatic carbocycles. The lowest BCUT2D eigenvalue weighted by Crippen LogP contribution is -2.43. The molecule has 4 aromatic heterocycles. The molecule has 8 rings (SSSR count). The Bertz CT molecular complexity index is 2400. The summed E-state index contributed by atoms with van der Waals surface area (Å²) in [4.78, 5) is 58.1. The molecule has 2 aliphatic carbocycles. The largest absolute Gasteiger partial charge is 0.444 e. The van der Waals surface area contributed by atoms with Crippen molar-refractivity contribution in [2.24, 2.45) is 11.8 Å². The van der Waals surface area contributed by atoms with Gasteiger partial charge in [-0.15, -0.1) is 0 Å². The molecule has 3 aliphatic rings. The van der Waals surface area contributed by atoms with Gasteiger partial charge in [0.2, 0.25) is 17.7 Å². The summed E-state index contributed by atoms with van der Waals surface area (Å²) in [5.74, 6) is 0.0177. The molecular formula is C44H52F2N8O8. The number of nitrogens with one attached hydrogen (secondary N) is 3. The maximum absolute atomic E-state index is 14.1. The standard InChI is InChI=1S/C44H52F2N8O8/c45-40(46)39-32(49-41(56)33-26-61-43(50-33)30-16-17-47-37(23-30)48-24-29-6-7-29)25-53(52-39)31-11-8-27(9-12-31)4-1-2-18-59-20-21-60-19-3-5-28-10-13-34-36(22-28)62-44(58)54(34)35-14-15-38(55)51-42(35)57/h10,13,16-17,22-23,25-27,29,31,35,40H,1-9,11-12,14-15,18-21,24H2,(H,47,48)(H,49,56)(H,51,55,57). The minimum atomic E-state index is -2.86. The number of rotatable bonds is 21. The summed E-state index contributed by atoms with van der Waals surface area (Å²) in [5.41, 5.74) is 2.03. The third-order valence-corrected chi connectivity index (χ3v) is 11.9. The second-order valence-corrected chi connectivity index (χ2v) is 16.5. The van der Waals surface area contributed by atoms with E-state index in [0.29, 0.717) is 60.7 Å². The van der Waals surface area contributed by atoms with Gasteiger partial charge in [-0.05, 0) is 106 Å². The van der Waals surface area contributed by atoms with Gasteiger partial charge in [-0.25, -0.2) is 23.5 Å². The number of hydrogen-bond donors (Lipinski definition) is 3. The summed E-state index contributed by atoms with van der Waals surface area (Å²) in [6.45, 7) is 3.05. The number of benzene rings is 1. The summed E-state index contributed by atoms with van der Waals surface area (Å²) < 4.78 is 53.6. The van der Waals surface area contributed by atoms with Gasteiger partial charge in [0.15, 0.2) is 17.0 Å². The van der Waals surface area contributed by atoms with Crippen LogP contribution in [0.5, 0.6) is 0 Å². The Labute approximate surface area is 356 Å². The number of carbonyl (C=O) groups excluding carboxylic acids is 3. The second-order valence-electron chi connectivity index (χ2n) is 16.5. The van der Waals surface area contributed by atoms with E-state index in [0.717, 1.165) is 69.9 Å². The average Bonchev–Trinajstić information content (AvgIpc) is 3.62. The minimum Gasteiger partial charge on any atom is -0.444 e. The van der Waals surface area contributed by atoms with E-state index in [2.05, 4.69) is 31.0 Å². The van der Waals surface area contributed by atoms with Crippen molar-refractivity contribution in [3.63, 3.8) is 0 Å². The fraction of sp³-hybridized carbons (Fsp3) is 0.523. The van der Waals surface area contributed by atoms with Crippen molar-refractivity contribution in [3.8, 4) is 11.5 Å². The number of carbonyl (C=O) groups is 3. The van der Waals surface area contributed by atoms with Crippen LogP contribution in [0, 0.1) is 11.8 Å². The Morgan fingerprint density at radius 3 is 2.50 bits per heavy atom. The Kier molecular flexibility index (Phi) is 13.8. The molecule has 18 heteroatoms. The molecule has 0 bridgehead atoms. The zero-order valence-corrected chi connectivity index (χ0v) is 34.5. The zero-order valence-electron chi connectivity index (χ0n) is 34.5. The molecule has 0 spiro atoms. The van der Waals surface area contributed by atoms with Crippen LogP contribution < -0.4 is 21.7 Å². The second kappa shape index (κ2) is 20.0. The first kappa shape index (κ1) is 42.9. The van der Waals surface area contributed by atoms with Crippen molar-refractivity contribution in [2.75, 3.05) is 43.6 Å². The predicted molar refractivity (Wildman–Crippen MR) is 223 cm³/mol. The highest BCUT2D eigenvalue weighted by atomic mass is 19.3. The van der Waals surface area contributed by atoms with Crippen molar-refractivity contribution in [1.82, 2.24) is 29.6 Å². The Morgan fingerprint density at radius 1 is 0.935 bits per heavy atom. The van der Waals surface area contributed by atoms with Crippen LogP contribution in [0.3, 0.4) is 0 Å². The SMILES string of the molecule is O=C1CCC(n2c(=O)oc3cc(CCCOCCOCCCCC4CCC(n5cc(NC(=O)c6coc(-c7ccnc(NCC8CC8)c7)n6)c(C(F)F)n5)CC4)ccc32)C(=O)N1. The van der Waals surface area contributed by atoms with E-state index in [-0.39, 0.29) is 42.1 Å². The Balaban J connectivity index is 0.692. The number of aromatic nitrogens is 5. The summed E-state index contributed by atoms with van der Waals surface area (Å²) in [5, 5.41) is 12.4. The molecule has 5 aromatic rings. The Morgan fingerprint density at radius 2 is 1.73 bits per heavy atom. The highest BCUT2D eigenvalue weighted by Gasteiger charge is 2.32. The quantitative estimate of drug-likeness (QED) is 0.0489. The number of halogens is 2. The number of anilines is 2. The van der Waals surface area contributed by atoms with Crippen LogP contribution in [0.1, 0.15) is 117 Å². The monoisotopic (exact) mass is 858 g/mol. The third-order valence-electron chi connectivity index (χ3n) is 11.9. The smallest absolute Gasteiger partial charge is 0.420 e. The first-order chi connectivity index (χ1) is 30.2. The molecule has 62 heavy (non-hydrogen) atoms. The maximum atomic E-state index is 14.1. The van der Waals surface area contributed by atoms with Crippen LogP contribution in [-0.2, 0) is 25.5 Å². The first-order valence-corrected chi connectivity index (χ1v) is 21.7. The molecule has 330 valence electrons. The van der Waals surface area contributed by atoms with E-state index in [1.165, 1.54) is 29.9 Å². The molecule has 1 aliphatic heterocycles. The van der Waals surface area contributed by atoms with Crippen molar-refractivity contribution in [2.45, 2.75) is 102 Å². The number of nitrogens with zero attached hydrogens (tertiary/aromatic N) is 5. The topological polar surface area (TPSA) is 198 Å². The molecule has 2 saturated carbocycles. The van der Waals surface area contributed by atoms with E-state index in [1.54, 1.807) is 29.1 Å². The fourth-order valence-electron chi connectivity index (χ4n) is 8.27. The molecule has 1 unspecified atom stereocenters. The minimum absolute atomic E-state index is 0.0299. The average molecular weight is 859 g/mol. The normalized spacial score (nSPS) is 19.3. The molecule has 3 amide bonds. The predicted octanol–water partition coefficient (Wildman–Crippen LogP) is 7.40. The van der Waals surface area contributed by atoms with E-state index in [1.807, 2.05) is 12.1 Å². The number of hydrogen-bond acceptors (Lipinski definition) is 12. The van der Waals surface area contributed by atoms with Gasteiger partial charge < -0.3 is 28.9 Å². The Hall–Kier alpha value is -5.75. The zero-order chi connectivity index (χ0) is 43.0. The van der Waals surface area contributed by atoms with Gasteiger partial charge in [0.1, 0.15) is 18.1 Å². The number of fused-ring (bicyclic) bond motifs is 1. The van der Waals surface area contributed by atoms with Gasteiger partial charge in [0, 0.05) is 44.1 Å². The van der Waals surface area contributed by atoms with E-state index in [4.69, 9.17) is 18.3 Å². The summed E-state index contributed by atoms with van der Waals surface area (Å²) in [7, 11) is 0. The highest BCUT2D eigenvalue weighted by Crippen LogP contribution is 2.37. The number of imide groups is 1. The van der Waals surface area contributed by atoms with Crippen molar-refractivity contribution >= 4 is 40.3 Å². The lowest BCUT2D eigenvalue weighted by atomic mass is 9.83. The van der Waals surface area contributed by atoms with Gasteiger partial charge in [-0.1, -0.05) is 18.9 Å². The van der Waals surface area contributed by atoms with E-state index >= 15 is 0 Å². The highest BCUT2D eigenvalue weighted by molar-refractivity contribution is 6.03. The molecule has 5 heterocycles. The summed E-state index contributed by atoms with van der Waals surface area (Å²) in [6, 6.07) is 8.21. The van der Waals surface area contributed by atoms with E-state index in [9.17, 15) is 28.0 Å². The maximum Gasteiger partial charge on any atom is 0.420 e. The lowest BCUT2D eigenvalue weighted by Gasteiger charge is -2.28. The number of amides is 3. The van der Waals surface area contributed by atoms with Crippen LogP contribution in [-0.4, -0.2) is 75.0 Å². The number of alkyl halides is 2. The van der Waals surface area contributed by atoms with E-state index < -0.39 is 35.7 Å².